The Hall–Kier alpha value is -1.40. The molecule has 1 rings (SSSR count). The van der Waals surface area contributed by atoms with Gasteiger partial charge < -0.3 is 9.57 Å². The summed E-state index contributed by atoms with van der Waals surface area (Å²) < 4.78 is 5.06. The van der Waals surface area contributed by atoms with Crippen LogP contribution in [0.3, 0.4) is 0 Å². The van der Waals surface area contributed by atoms with Gasteiger partial charge in [0.2, 0.25) is 0 Å². The van der Waals surface area contributed by atoms with Gasteiger partial charge in [-0.25, -0.2) is 9.59 Å². The Kier molecular flexibility index (Phi) is 4.70. The molecule has 0 aromatic carbocycles. The minimum Gasteiger partial charge on any atom is -0.462 e. The highest BCUT2D eigenvalue weighted by Gasteiger charge is 2.33. The number of hydrogen-bond acceptors (Lipinski definition) is 6. The first-order valence-electron chi connectivity index (χ1n) is 5.96. The van der Waals surface area contributed by atoms with E-state index in [1.807, 2.05) is 20.8 Å². The van der Waals surface area contributed by atoms with Gasteiger partial charge in [0.05, 0.1) is 12.2 Å². The van der Waals surface area contributed by atoms with Crippen molar-refractivity contribution in [3.05, 3.63) is 20.9 Å². The lowest BCUT2D eigenvalue weighted by molar-refractivity contribution is 0.0506. The van der Waals surface area contributed by atoms with Crippen molar-refractivity contribution in [1.29, 1.82) is 0 Å². The van der Waals surface area contributed by atoms with E-state index < -0.39 is 17.4 Å². The summed E-state index contributed by atoms with van der Waals surface area (Å²) in [5, 5.41) is 0. The van der Waals surface area contributed by atoms with E-state index in [1.165, 1.54) is 11.3 Å². The molecule has 19 heavy (non-hydrogen) atoms. The van der Waals surface area contributed by atoms with Gasteiger partial charge in [-0.1, -0.05) is 20.8 Å². The maximum atomic E-state index is 12.1. The molecule has 0 bridgehead atoms. The molecule has 0 aliphatic rings. The standard InChI is InChI=1S/C13H19NO4S/c1-6-17-11(15)8-7(2)19-10(12(16)18-14)9(8)13(3,4)5/h6,14H2,1-5H3. The van der Waals surface area contributed by atoms with E-state index in [4.69, 9.17) is 10.6 Å². The highest BCUT2D eigenvalue weighted by Crippen LogP contribution is 2.37. The summed E-state index contributed by atoms with van der Waals surface area (Å²) >= 11 is 1.20. The summed E-state index contributed by atoms with van der Waals surface area (Å²) in [5.41, 5.74) is 0.680. The Morgan fingerprint density at radius 2 is 1.84 bits per heavy atom. The quantitative estimate of drug-likeness (QED) is 0.682. The molecule has 0 amide bonds. The van der Waals surface area contributed by atoms with Crippen LogP contribution in [-0.4, -0.2) is 18.5 Å². The number of esters is 1. The van der Waals surface area contributed by atoms with Crippen molar-refractivity contribution < 1.29 is 19.2 Å². The van der Waals surface area contributed by atoms with E-state index in [9.17, 15) is 9.59 Å². The average Bonchev–Trinajstić information content (AvgIpc) is 2.66. The molecule has 5 nitrogen and oxygen atoms in total. The monoisotopic (exact) mass is 285 g/mol. The molecule has 6 heteroatoms. The Morgan fingerprint density at radius 1 is 1.26 bits per heavy atom. The maximum Gasteiger partial charge on any atom is 0.367 e. The van der Waals surface area contributed by atoms with E-state index in [-0.39, 0.29) is 6.61 Å². The van der Waals surface area contributed by atoms with Gasteiger partial charge >= 0.3 is 11.9 Å². The first kappa shape index (κ1) is 15.7. The van der Waals surface area contributed by atoms with Crippen LogP contribution < -0.4 is 5.90 Å². The Balaban J connectivity index is 3.50. The van der Waals surface area contributed by atoms with Crippen molar-refractivity contribution in [2.24, 2.45) is 5.90 Å². The third-order valence-corrected chi connectivity index (χ3v) is 3.69. The Labute approximate surface area is 116 Å². The van der Waals surface area contributed by atoms with Gasteiger partial charge in [-0.3, -0.25) is 0 Å². The second kappa shape index (κ2) is 5.71. The van der Waals surface area contributed by atoms with Crippen LogP contribution in [-0.2, 0) is 15.0 Å². The normalized spacial score (nSPS) is 11.3. The van der Waals surface area contributed by atoms with Crippen LogP contribution in [0, 0.1) is 6.92 Å². The largest absolute Gasteiger partial charge is 0.462 e. The molecule has 1 aromatic heterocycles. The zero-order valence-electron chi connectivity index (χ0n) is 11.8. The van der Waals surface area contributed by atoms with Gasteiger partial charge in [-0.05, 0) is 24.8 Å². The molecule has 1 heterocycles. The fourth-order valence-electron chi connectivity index (χ4n) is 1.91. The Morgan fingerprint density at radius 3 is 2.26 bits per heavy atom. The summed E-state index contributed by atoms with van der Waals surface area (Å²) in [6, 6.07) is 0. The fourth-order valence-corrected chi connectivity index (χ4v) is 3.14. The number of aryl methyl sites for hydroxylation is 1. The summed E-state index contributed by atoms with van der Waals surface area (Å²) in [6.45, 7) is 9.57. The summed E-state index contributed by atoms with van der Waals surface area (Å²) in [7, 11) is 0. The van der Waals surface area contributed by atoms with E-state index in [0.717, 1.165) is 4.88 Å². The predicted molar refractivity (Wildman–Crippen MR) is 73.3 cm³/mol. The number of thiophene rings is 1. The zero-order valence-corrected chi connectivity index (χ0v) is 12.6. The summed E-state index contributed by atoms with van der Waals surface area (Å²) in [5.74, 6) is 3.90. The van der Waals surface area contributed by atoms with Gasteiger partial charge in [-0.2, -0.15) is 5.90 Å². The molecule has 0 saturated heterocycles. The predicted octanol–water partition coefficient (Wildman–Crippen LogP) is 2.56. The van der Waals surface area contributed by atoms with Crippen LogP contribution in [0.15, 0.2) is 0 Å². The molecular formula is C13H19NO4S. The van der Waals surface area contributed by atoms with Crippen LogP contribution in [0.5, 0.6) is 0 Å². The molecule has 0 aliphatic carbocycles. The zero-order chi connectivity index (χ0) is 14.8. The molecule has 0 spiro atoms. The van der Waals surface area contributed by atoms with E-state index in [2.05, 4.69) is 4.84 Å². The summed E-state index contributed by atoms with van der Waals surface area (Å²) in [4.78, 5) is 29.2. The lowest BCUT2D eigenvalue weighted by Crippen LogP contribution is -2.21. The average molecular weight is 285 g/mol. The van der Waals surface area contributed by atoms with E-state index >= 15 is 0 Å². The first-order chi connectivity index (χ1) is 8.73. The summed E-state index contributed by atoms with van der Waals surface area (Å²) in [6.07, 6.45) is 0. The highest BCUT2D eigenvalue weighted by molar-refractivity contribution is 7.14. The first-order valence-corrected chi connectivity index (χ1v) is 6.77. The fraction of sp³-hybridized carbons (Fsp3) is 0.538. The number of carbonyl (C=O) groups is 2. The SMILES string of the molecule is CCOC(=O)c1c(C)sc(C(=O)ON)c1C(C)(C)C. The number of hydrogen-bond donors (Lipinski definition) is 1. The Bertz CT molecular complexity index is 499. The molecule has 106 valence electrons. The van der Waals surface area contributed by atoms with Crippen molar-refractivity contribution >= 4 is 23.3 Å². The lowest BCUT2D eigenvalue weighted by Gasteiger charge is -2.21. The molecule has 0 saturated carbocycles. The van der Waals surface area contributed by atoms with Crippen molar-refractivity contribution in [2.45, 2.75) is 40.0 Å². The smallest absolute Gasteiger partial charge is 0.367 e. The van der Waals surface area contributed by atoms with Gasteiger partial charge in [0.1, 0.15) is 4.88 Å². The second-order valence-electron chi connectivity index (χ2n) is 5.11. The topological polar surface area (TPSA) is 78.6 Å². The molecule has 2 N–H and O–H groups in total. The third kappa shape index (κ3) is 3.13. The van der Waals surface area contributed by atoms with Gasteiger partial charge in [0.15, 0.2) is 0 Å². The molecule has 0 unspecified atom stereocenters. The van der Waals surface area contributed by atoms with Crippen molar-refractivity contribution in [3.63, 3.8) is 0 Å². The molecular weight excluding hydrogens is 266 g/mol. The van der Waals surface area contributed by atoms with Crippen LogP contribution in [0.1, 0.15) is 58.2 Å². The van der Waals surface area contributed by atoms with Gasteiger partial charge in [0.25, 0.3) is 0 Å². The molecule has 0 fully saturated rings. The number of nitrogens with two attached hydrogens (primary N) is 1. The molecule has 0 aliphatic heterocycles. The molecule has 0 radical (unpaired) electrons. The van der Waals surface area contributed by atoms with Crippen molar-refractivity contribution in [3.8, 4) is 0 Å². The van der Waals surface area contributed by atoms with E-state index in [1.54, 1.807) is 13.8 Å². The minimum absolute atomic E-state index is 0.286. The van der Waals surface area contributed by atoms with Crippen molar-refractivity contribution in [1.82, 2.24) is 0 Å². The van der Waals surface area contributed by atoms with Crippen LogP contribution in [0.4, 0.5) is 0 Å². The third-order valence-electron chi connectivity index (χ3n) is 2.61. The van der Waals surface area contributed by atoms with Gasteiger partial charge in [0, 0.05) is 4.88 Å². The molecule has 0 atom stereocenters. The van der Waals surface area contributed by atoms with Crippen LogP contribution >= 0.6 is 11.3 Å². The number of rotatable bonds is 3. The number of ether oxygens (including phenoxy) is 1. The highest BCUT2D eigenvalue weighted by atomic mass is 32.1. The lowest BCUT2D eigenvalue weighted by atomic mass is 9.83. The van der Waals surface area contributed by atoms with Gasteiger partial charge in [-0.15, -0.1) is 11.3 Å². The maximum absolute atomic E-state index is 12.1. The minimum atomic E-state index is -0.631. The molecule has 1 aromatic rings. The van der Waals surface area contributed by atoms with Crippen molar-refractivity contribution in [2.75, 3.05) is 6.61 Å². The number of carbonyl (C=O) groups excluding carboxylic acids is 2. The second-order valence-corrected chi connectivity index (χ2v) is 6.34. The van der Waals surface area contributed by atoms with Crippen LogP contribution in [0.2, 0.25) is 0 Å². The van der Waals surface area contributed by atoms with E-state index in [0.29, 0.717) is 16.0 Å². The van der Waals surface area contributed by atoms with Crippen LogP contribution in [0.25, 0.3) is 0 Å².